The monoisotopic (exact) mass is 609 g/mol. The number of benzene rings is 1. The van der Waals surface area contributed by atoms with Crippen molar-refractivity contribution >= 4 is 29.2 Å². The van der Waals surface area contributed by atoms with Crippen LogP contribution in [0, 0.1) is 29.1 Å². The van der Waals surface area contributed by atoms with E-state index < -0.39 is 35.6 Å². The molecule has 1 saturated heterocycles. The predicted octanol–water partition coefficient (Wildman–Crippen LogP) is 5.26. The first-order valence-electron chi connectivity index (χ1n) is 16.2. The van der Waals surface area contributed by atoms with Crippen LogP contribution in [0.2, 0.25) is 0 Å². The molecule has 4 bridgehead atoms. The van der Waals surface area contributed by atoms with E-state index >= 15 is 4.39 Å². The highest BCUT2D eigenvalue weighted by Gasteiger charge is 2.51. The number of fused-ring (bicyclic) bond motifs is 9. The van der Waals surface area contributed by atoms with Crippen molar-refractivity contribution in [3.05, 3.63) is 23.9 Å². The molecule has 10 heteroatoms. The van der Waals surface area contributed by atoms with Gasteiger partial charge in [0.25, 0.3) is 0 Å². The third kappa shape index (κ3) is 5.88. The van der Waals surface area contributed by atoms with E-state index in [1.54, 1.807) is 13.2 Å². The first-order chi connectivity index (χ1) is 21.1. The van der Waals surface area contributed by atoms with E-state index in [2.05, 4.69) is 0 Å². The molecule has 3 fully saturated rings. The van der Waals surface area contributed by atoms with Crippen molar-refractivity contribution in [1.82, 2.24) is 14.9 Å². The number of ether oxygens (including phenoxy) is 3. The summed E-state index contributed by atoms with van der Waals surface area (Å²) in [5, 5.41) is 0. The molecule has 2 aromatic rings. The van der Waals surface area contributed by atoms with Gasteiger partial charge in [-0.05, 0) is 73.8 Å². The lowest BCUT2D eigenvalue weighted by Crippen LogP contribution is -2.47. The largest absolute Gasteiger partial charge is 0.497 e. The number of esters is 1. The number of amides is 1. The SMILES string of the molecule is COc1ccc2nc3c(nc2c1)O[C@H]1CN(C(=O)[C@H](C(C)(C)C)CC(=O)O[C@@H]2[C@H]4CC[C@H](C4)[C@H]2CCCCC3)[C@H](C=O)[C@@H]1F. The molecule has 9 nitrogen and oxygen atoms in total. The summed E-state index contributed by atoms with van der Waals surface area (Å²) in [5.41, 5.74) is 1.23. The van der Waals surface area contributed by atoms with Crippen molar-refractivity contribution in [3.63, 3.8) is 0 Å². The van der Waals surface area contributed by atoms with E-state index in [0.717, 1.165) is 38.5 Å². The number of carbonyl (C=O) groups is 3. The summed E-state index contributed by atoms with van der Waals surface area (Å²) >= 11 is 0. The highest BCUT2D eigenvalue weighted by atomic mass is 19.1. The number of hydrogen-bond acceptors (Lipinski definition) is 8. The summed E-state index contributed by atoms with van der Waals surface area (Å²) in [6.45, 7) is 5.50. The van der Waals surface area contributed by atoms with Crippen molar-refractivity contribution in [2.24, 2.45) is 29.1 Å². The van der Waals surface area contributed by atoms with E-state index in [1.807, 2.05) is 32.9 Å². The molecule has 44 heavy (non-hydrogen) atoms. The van der Waals surface area contributed by atoms with E-state index in [-0.39, 0.29) is 30.9 Å². The molecule has 238 valence electrons. The Hall–Kier alpha value is -3.30. The second kappa shape index (κ2) is 12.2. The van der Waals surface area contributed by atoms with Gasteiger partial charge < -0.3 is 23.9 Å². The fourth-order valence-corrected chi connectivity index (χ4v) is 8.00. The third-order valence-corrected chi connectivity index (χ3v) is 10.4. The maximum absolute atomic E-state index is 15.9. The van der Waals surface area contributed by atoms with Gasteiger partial charge in [-0.2, -0.15) is 0 Å². The average Bonchev–Trinajstić information content (AvgIpc) is 3.68. The number of aldehydes is 1. The molecule has 2 saturated carbocycles. The molecule has 2 aliphatic heterocycles. The van der Waals surface area contributed by atoms with Crippen molar-refractivity contribution in [1.29, 1.82) is 0 Å². The van der Waals surface area contributed by atoms with Crippen LogP contribution in [0.25, 0.3) is 11.0 Å². The van der Waals surface area contributed by atoms with Gasteiger partial charge in [-0.25, -0.2) is 14.4 Å². The van der Waals surface area contributed by atoms with Gasteiger partial charge in [-0.15, -0.1) is 0 Å². The van der Waals surface area contributed by atoms with Gasteiger partial charge in [0.1, 0.15) is 29.9 Å². The average molecular weight is 610 g/mol. The molecule has 3 heterocycles. The lowest BCUT2D eigenvalue weighted by atomic mass is 9.77. The number of carbonyl (C=O) groups excluding carboxylic acids is 3. The molecule has 0 radical (unpaired) electrons. The molecule has 0 spiro atoms. The Bertz CT molecular complexity index is 1410. The van der Waals surface area contributed by atoms with E-state index in [0.29, 0.717) is 52.9 Å². The second-order valence-electron chi connectivity index (χ2n) is 14.2. The van der Waals surface area contributed by atoms with Gasteiger partial charge in [0, 0.05) is 6.07 Å². The topological polar surface area (TPSA) is 108 Å². The smallest absolute Gasteiger partial charge is 0.306 e. The Labute approximate surface area is 258 Å². The van der Waals surface area contributed by atoms with Crippen LogP contribution in [0.1, 0.15) is 77.8 Å². The Morgan fingerprint density at radius 1 is 1.02 bits per heavy atom. The first-order valence-corrected chi connectivity index (χ1v) is 16.2. The summed E-state index contributed by atoms with van der Waals surface area (Å²) in [6, 6.07) is 4.08. The van der Waals surface area contributed by atoms with Crippen LogP contribution in [0.15, 0.2) is 18.2 Å². The lowest BCUT2D eigenvalue weighted by molar-refractivity contribution is -0.160. The number of nitrogens with zero attached hydrogens (tertiary/aromatic N) is 3. The van der Waals surface area contributed by atoms with Crippen LogP contribution in [0.4, 0.5) is 4.39 Å². The van der Waals surface area contributed by atoms with Gasteiger partial charge in [0.15, 0.2) is 12.3 Å². The van der Waals surface area contributed by atoms with Gasteiger partial charge in [0.2, 0.25) is 11.8 Å². The van der Waals surface area contributed by atoms with Crippen LogP contribution in [0.5, 0.6) is 11.6 Å². The zero-order valence-corrected chi connectivity index (χ0v) is 26.2. The normalized spacial score (nSPS) is 33.2. The van der Waals surface area contributed by atoms with Crippen LogP contribution in [0.3, 0.4) is 0 Å². The number of rotatable bonds is 2. The zero-order valence-electron chi connectivity index (χ0n) is 26.2. The Morgan fingerprint density at radius 2 is 1.82 bits per heavy atom. The summed E-state index contributed by atoms with van der Waals surface area (Å²) < 4.78 is 33.6. The van der Waals surface area contributed by atoms with E-state index in [1.165, 1.54) is 11.3 Å². The molecular formula is C34H44FN3O6. The van der Waals surface area contributed by atoms with Crippen LogP contribution in [-0.4, -0.2) is 71.1 Å². The van der Waals surface area contributed by atoms with Crippen LogP contribution < -0.4 is 9.47 Å². The minimum Gasteiger partial charge on any atom is -0.497 e. The summed E-state index contributed by atoms with van der Waals surface area (Å²) in [4.78, 5) is 50.5. The minimum absolute atomic E-state index is 0.115. The zero-order chi connectivity index (χ0) is 31.2. The molecule has 1 amide bonds. The van der Waals surface area contributed by atoms with Crippen molar-refractivity contribution in [2.45, 2.75) is 103 Å². The molecular weight excluding hydrogens is 565 g/mol. The quantitative estimate of drug-likeness (QED) is 0.335. The molecule has 0 N–H and O–H groups in total. The minimum atomic E-state index is -1.77. The number of aromatic nitrogens is 2. The number of halogens is 1. The highest BCUT2D eigenvalue weighted by Crippen LogP contribution is 2.52. The number of hydrogen-bond donors (Lipinski definition) is 0. The molecule has 1 aromatic heterocycles. The second-order valence-corrected chi connectivity index (χ2v) is 14.2. The van der Waals surface area contributed by atoms with Crippen molar-refractivity contribution < 1.29 is 33.0 Å². The summed E-state index contributed by atoms with van der Waals surface area (Å²) in [7, 11) is 1.57. The summed E-state index contributed by atoms with van der Waals surface area (Å²) in [5.74, 6) is 0.481. The molecule has 4 aliphatic rings. The predicted molar refractivity (Wildman–Crippen MR) is 161 cm³/mol. The van der Waals surface area contributed by atoms with Gasteiger partial charge in [-0.3, -0.25) is 9.59 Å². The van der Waals surface area contributed by atoms with E-state index in [9.17, 15) is 14.4 Å². The molecule has 6 rings (SSSR count). The molecule has 2 aliphatic carbocycles. The van der Waals surface area contributed by atoms with Crippen molar-refractivity contribution in [3.8, 4) is 11.6 Å². The highest BCUT2D eigenvalue weighted by molar-refractivity contribution is 5.87. The summed E-state index contributed by atoms with van der Waals surface area (Å²) in [6.07, 6.45) is 5.09. The Kier molecular flexibility index (Phi) is 8.54. The lowest BCUT2D eigenvalue weighted by Gasteiger charge is -2.35. The first kappa shape index (κ1) is 30.7. The number of alkyl halides is 1. The van der Waals surface area contributed by atoms with Crippen LogP contribution >= 0.6 is 0 Å². The Balaban J connectivity index is 1.35. The van der Waals surface area contributed by atoms with Crippen molar-refractivity contribution in [2.75, 3.05) is 13.7 Å². The number of aryl methyl sites for hydroxylation is 1. The Morgan fingerprint density at radius 3 is 2.57 bits per heavy atom. The van der Waals surface area contributed by atoms with Gasteiger partial charge in [-0.1, -0.05) is 33.6 Å². The molecule has 1 aromatic carbocycles. The fourth-order valence-electron chi connectivity index (χ4n) is 8.00. The maximum Gasteiger partial charge on any atom is 0.306 e. The van der Waals surface area contributed by atoms with Gasteiger partial charge >= 0.3 is 5.97 Å². The fraction of sp³-hybridized carbons (Fsp3) is 0.676. The van der Waals surface area contributed by atoms with E-state index in [4.69, 9.17) is 24.2 Å². The number of methoxy groups -OCH3 is 1. The van der Waals surface area contributed by atoms with Gasteiger partial charge in [0.05, 0.1) is 37.0 Å². The molecule has 8 atom stereocenters. The third-order valence-electron chi connectivity index (χ3n) is 10.4. The maximum atomic E-state index is 15.9. The van der Waals surface area contributed by atoms with Crippen LogP contribution in [-0.2, 0) is 25.5 Å². The molecule has 0 unspecified atom stereocenters. The standard InChI is InChI=1S/C34H44FN3O6/c1-34(2,3)23-16-29(40)44-31-20-11-10-19(14-20)22(31)8-6-5-7-9-25-32(37-26-15-21(42-4)12-13-24(26)36-25)43-28-17-38(33(23)41)27(18-39)30(28)35/h12-13,15,18-20,22-23,27-28,30-31H,5-11,14,16-17H2,1-4H3/t19-,20+,22-,23-,27-,28+,30+,31-/m1/s1.